The number of halogens is 1. The number of aryl methyl sites for hydroxylation is 1. The first-order chi connectivity index (χ1) is 10.2. The number of rotatable bonds is 7. The topological polar surface area (TPSA) is 44.5 Å². The molecular weight excluding hydrogens is 269 g/mol. The Hall–Kier alpha value is -2.23. The maximum atomic E-state index is 13.6. The van der Waals surface area contributed by atoms with Gasteiger partial charge in [-0.05, 0) is 25.3 Å². The van der Waals surface area contributed by atoms with Crippen LogP contribution < -0.4 is 15.2 Å². The molecule has 2 rings (SSSR count). The first-order valence-corrected chi connectivity index (χ1v) is 7.09. The number of ether oxygens (including phenoxy) is 2. The predicted octanol–water partition coefficient (Wildman–Crippen LogP) is 3.82. The van der Waals surface area contributed by atoms with Crippen molar-refractivity contribution < 1.29 is 13.9 Å². The number of nitrogen functional groups attached to an aromatic ring is 1. The van der Waals surface area contributed by atoms with Crippen LogP contribution in [0.1, 0.15) is 18.9 Å². The van der Waals surface area contributed by atoms with Crippen molar-refractivity contribution in [2.75, 3.05) is 18.9 Å². The van der Waals surface area contributed by atoms with Crippen molar-refractivity contribution in [3.63, 3.8) is 0 Å². The van der Waals surface area contributed by atoms with Crippen LogP contribution in [0.25, 0.3) is 0 Å². The second-order valence-corrected chi connectivity index (χ2v) is 4.69. The van der Waals surface area contributed by atoms with Gasteiger partial charge in [0.25, 0.3) is 0 Å². The van der Waals surface area contributed by atoms with E-state index in [-0.39, 0.29) is 11.4 Å². The fourth-order valence-corrected chi connectivity index (χ4v) is 2.04. The molecule has 0 aromatic heterocycles. The molecule has 0 atom stereocenters. The van der Waals surface area contributed by atoms with Crippen LogP contribution in [0.3, 0.4) is 0 Å². The Morgan fingerprint density at radius 3 is 2.52 bits per heavy atom. The van der Waals surface area contributed by atoms with E-state index in [2.05, 4.69) is 12.1 Å². The largest absolute Gasteiger partial charge is 0.491 e. The van der Waals surface area contributed by atoms with E-state index in [0.29, 0.717) is 19.0 Å². The zero-order valence-electron chi connectivity index (χ0n) is 12.1. The Labute approximate surface area is 124 Å². The molecule has 21 heavy (non-hydrogen) atoms. The van der Waals surface area contributed by atoms with Gasteiger partial charge in [0.2, 0.25) is 0 Å². The molecule has 0 bridgehead atoms. The van der Waals surface area contributed by atoms with Crippen LogP contribution in [0, 0.1) is 5.82 Å². The number of anilines is 1. The van der Waals surface area contributed by atoms with E-state index < -0.39 is 5.82 Å². The molecule has 0 aliphatic carbocycles. The van der Waals surface area contributed by atoms with Gasteiger partial charge < -0.3 is 15.2 Å². The minimum Gasteiger partial charge on any atom is -0.491 e. The Morgan fingerprint density at radius 1 is 1.05 bits per heavy atom. The third kappa shape index (κ3) is 4.38. The van der Waals surface area contributed by atoms with E-state index in [1.807, 2.05) is 18.2 Å². The zero-order valence-corrected chi connectivity index (χ0v) is 12.1. The van der Waals surface area contributed by atoms with E-state index in [1.165, 1.54) is 17.7 Å². The summed E-state index contributed by atoms with van der Waals surface area (Å²) in [5, 5.41) is 0. The number of benzene rings is 2. The van der Waals surface area contributed by atoms with Gasteiger partial charge in [0, 0.05) is 12.1 Å². The molecule has 4 heteroatoms. The highest BCUT2D eigenvalue weighted by atomic mass is 19.1. The number of hydrogen-bond donors (Lipinski definition) is 1. The predicted molar refractivity (Wildman–Crippen MR) is 82.2 cm³/mol. The van der Waals surface area contributed by atoms with Crippen LogP contribution in [-0.4, -0.2) is 13.2 Å². The molecule has 112 valence electrons. The summed E-state index contributed by atoms with van der Waals surface area (Å²) in [6, 6.07) is 12.9. The lowest BCUT2D eigenvalue weighted by Crippen LogP contribution is -2.04. The van der Waals surface area contributed by atoms with E-state index in [0.717, 1.165) is 12.8 Å². The molecule has 0 heterocycles. The number of hydrogen-bond acceptors (Lipinski definition) is 3. The van der Waals surface area contributed by atoms with Gasteiger partial charge in [-0.3, -0.25) is 0 Å². The van der Waals surface area contributed by atoms with E-state index in [1.54, 1.807) is 6.92 Å². The second kappa shape index (κ2) is 7.53. The molecule has 0 aliphatic rings. The summed E-state index contributed by atoms with van der Waals surface area (Å²) in [5.41, 5.74) is 7.31. The van der Waals surface area contributed by atoms with E-state index in [9.17, 15) is 4.39 Å². The SMILES string of the molecule is CCOc1cc(OCCCc2ccccc2)c(N)cc1F. The van der Waals surface area contributed by atoms with Gasteiger partial charge in [0.15, 0.2) is 11.6 Å². The fraction of sp³-hybridized carbons (Fsp3) is 0.294. The van der Waals surface area contributed by atoms with Crippen molar-refractivity contribution in [3.05, 3.63) is 53.8 Å². The van der Waals surface area contributed by atoms with Crippen LogP contribution in [0.5, 0.6) is 11.5 Å². The molecule has 0 spiro atoms. The second-order valence-electron chi connectivity index (χ2n) is 4.69. The van der Waals surface area contributed by atoms with Crippen LogP contribution in [0.4, 0.5) is 10.1 Å². The normalized spacial score (nSPS) is 10.4. The van der Waals surface area contributed by atoms with Gasteiger partial charge in [0.1, 0.15) is 5.75 Å². The van der Waals surface area contributed by atoms with Gasteiger partial charge >= 0.3 is 0 Å². The smallest absolute Gasteiger partial charge is 0.167 e. The van der Waals surface area contributed by atoms with Gasteiger partial charge in [0.05, 0.1) is 18.9 Å². The molecule has 0 aliphatic heterocycles. The van der Waals surface area contributed by atoms with E-state index in [4.69, 9.17) is 15.2 Å². The van der Waals surface area contributed by atoms with Gasteiger partial charge in [-0.25, -0.2) is 4.39 Å². The van der Waals surface area contributed by atoms with Crippen LogP contribution in [0.15, 0.2) is 42.5 Å². The summed E-state index contributed by atoms with van der Waals surface area (Å²) >= 11 is 0. The molecule has 0 unspecified atom stereocenters. The summed E-state index contributed by atoms with van der Waals surface area (Å²) in [5.74, 6) is 0.170. The summed E-state index contributed by atoms with van der Waals surface area (Å²) in [4.78, 5) is 0. The molecule has 2 N–H and O–H groups in total. The number of nitrogens with two attached hydrogens (primary N) is 1. The van der Waals surface area contributed by atoms with Crippen molar-refractivity contribution in [3.8, 4) is 11.5 Å². The van der Waals surface area contributed by atoms with Crippen molar-refractivity contribution in [1.82, 2.24) is 0 Å². The molecular formula is C17H20FNO2. The molecule has 2 aromatic rings. The quantitative estimate of drug-likeness (QED) is 0.622. The minimum absolute atomic E-state index is 0.171. The highest BCUT2D eigenvalue weighted by molar-refractivity contribution is 5.56. The van der Waals surface area contributed by atoms with Crippen molar-refractivity contribution >= 4 is 5.69 Å². The standard InChI is InChI=1S/C17H20FNO2/c1-2-20-16-12-17(15(19)11-14(16)18)21-10-6-9-13-7-4-3-5-8-13/h3-5,7-8,11-12H,2,6,9-10,19H2,1H3. The zero-order chi connectivity index (χ0) is 15.1. The van der Waals surface area contributed by atoms with Crippen LogP contribution in [-0.2, 0) is 6.42 Å². The Balaban J connectivity index is 1.89. The lowest BCUT2D eigenvalue weighted by atomic mass is 10.1. The summed E-state index contributed by atoms with van der Waals surface area (Å²) < 4.78 is 24.4. The first-order valence-electron chi connectivity index (χ1n) is 7.09. The van der Waals surface area contributed by atoms with Crippen molar-refractivity contribution in [2.45, 2.75) is 19.8 Å². The van der Waals surface area contributed by atoms with Crippen LogP contribution >= 0.6 is 0 Å². The lowest BCUT2D eigenvalue weighted by Gasteiger charge is -2.12. The highest BCUT2D eigenvalue weighted by Crippen LogP contribution is 2.30. The van der Waals surface area contributed by atoms with Gasteiger partial charge in [-0.1, -0.05) is 30.3 Å². The Kier molecular flexibility index (Phi) is 5.43. The third-order valence-electron chi connectivity index (χ3n) is 3.07. The lowest BCUT2D eigenvalue weighted by molar-refractivity contribution is 0.299. The summed E-state index contributed by atoms with van der Waals surface area (Å²) in [6.07, 6.45) is 1.80. The summed E-state index contributed by atoms with van der Waals surface area (Å²) in [6.45, 7) is 2.72. The third-order valence-corrected chi connectivity index (χ3v) is 3.07. The molecule has 0 saturated heterocycles. The monoisotopic (exact) mass is 289 g/mol. The fourth-order valence-electron chi connectivity index (χ4n) is 2.04. The van der Waals surface area contributed by atoms with Crippen molar-refractivity contribution in [1.29, 1.82) is 0 Å². The van der Waals surface area contributed by atoms with E-state index >= 15 is 0 Å². The maximum absolute atomic E-state index is 13.6. The average Bonchev–Trinajstić information content (AvgIpc) is 2.49. The molecule has 0 amide bonds. The molecule has 3 nitrogen and oxygen atoms in total. The van der Waals surface area contributed by atoms with Crippen molar-refractivity contribution in [2.24, 2.45) is 0 Å². The summed E-state index contributed by atoms with van der Waals surface area (Å²) in [7, 11) is 0. The van der Waals surface area contributed by atoms with Gasteiger partial charge in [-0.2, -0.15) is 0 Å². The highest BCUT2D eigenvalue weighted by Gasteiger charge is 2.09. The molecule has 2 aromatic carbocycles. The molecule has 0 radical (unpaired) electrons. The Morgan fingerprint density at radius 2 is 1.81 bits per heavy atom. The molecule has 0 saturated carbocycles. The van der Waals surface area contributed by atoms with Gasteiger partial charge in [-0.15, -0.1) is 0 Å². The van der Waals surface area contributed by atoms with Crippen LogP contribution in [0.2, 0.25) is 0 Å². The maximum Gasteiger partial charge on any atom is 0.167 e. The first kappa shape index (κ1) is 15.2. The Bertz CT molecular complexity index is 573. The average molecular weight is 289 g/mol. The minimum atomic E-state index is -0.467. The molecule has 0 fully saturated rings.